The zero-order chi connectivity index (χ0) is 26.4. The van der Waals surface area contributed by atoms with Crippen LogP contribution in [0.15, 0.2) is 42.5 Å². The highest BCUT2D eigenvalue weighted by Crippen LogP contribution is 2.37. The molecule has 0 spiro atoms. The number of nitrogens with zero attached hydrogens (tertiary/aromatic N) is 1. The minimum absolute atomic E-state index is 0.0773. The van der Waals surface area contributed by atoms with Crippen molar-refractivity contribution in [3.8, 4) is 17.2 Å². The molecule has 4 rings (SSSR count). The highest BCUT2D eigenvalue weighted by atomic mass is 19.4. The number of rotatable bonds is 5. The maximum Gasteiger partial charge on any atom is 0.416 e. The first-order valence-corrected chi connectivity index (χ1v) is 10.3. The van der Waals surface area contributed by atoms with Crippen molar-refractivity contribution in [3.63, 3.8) is 0 Å². The fourth-order valence-corrected chi connectivity index (χ4v) is 3.83. The van der Waals surface area contributed by atoms with Gasteiger partial charge in [-0.25, -0.2) is 4.79 Å². The number of aryl methyl sites for hydroxylation is 1. The fraction of sp³-hybridized carbons (Fsp3) is 0.250. The van der Waals surface area contributed by atoms with E-state index in [1.807, 2.05) is 0 Å². The summed E-state index contributed by atoms with van der Waals surface area (Å²) in [6, 6.07) is 7.07. The summed E-state index contributed by atoms with van der Waals surface area (Å²) >= 11 is 0. The molecule has 0 aliphatic carbocycles. The van der Waals surface area contributed by atoms with Crippen molar-refractivity contribution in [1.29, 1.82) is 0 Å². The molecule has 2 heterocycles. The van der Waals surface area contributed by atoms with E-state index in [-0.39, 0.29) is 30.6 Å². The molecule has 0 bridgehead atoms. The number of ether oxygens (including phenoxy) is 3. The van der Waals surface area contributed by atoms with Gasteiger partial charge in [0.25, 0.3) is 0 Å². The maximum absolute atomic E-state index is 13.0. The Hall–Kier alpha value is -3.96. The van der Waals surface area contributed by atoms with Crippen molar-refractivity contribution in [3.05, 3.63) is 76.1 Å². The lowest BCUT2D eigenvalue weighted by molar-refractivity contribution is -0.143. The third kappa shape index (κ3) is 4.88. The molecular weight excluding hydrogens is 496 g/mol. The van der Waals surface area contributed by atoms with Crippen LogP contribution in [0.2, 0.25) is 0 Å². The van der Waals surface area contributed by atoms with E-state index in [0.717, 1.165) is 0 Å². The zero-order valence-electron chi connectivity index (χ0n) is 18.7. The largest absolute Gasteiger partial charge is 0.454 e. The molecule has 3 aromatic rings. The standard InChI is InChI=1S/C24H17F6NO5/c1-12-5-18(13(2)31(12)17-3-4-20-21(9-17)36-11-35-20)19(32)10-34-22(33)14-6-15(23(25,26)27)8-16(7-14)24(28,29)30/h3-9H,10-11H2,1-2H3. The average molecular weight is 513 g/mol. The topological polar surface area (TPSA) is 66.8 Å². The number of fused-ring (bicyclic) bond motifs is 1. The van der Waals surface area contributed by atoms with Crippen LogP contribution >= 0.6 is 0 Å². The van der Waals surface area contributed by atoms with Crippen molar-refractivity contribution in [2.24, 2.45) is 0 Å². The second-order valence-electron chi connectivity index (χ2n) is 7.95. The average Bonchev–Trinajstić information content (AvgIpc) is 3.38. The van der Waals surface area contributed by atoms with Crippen LogP contribution in [0.3, 0.4) is 0 Å². The van der Waals surface area contributed by atoms with Crippen molar-refractivity contribution in [2.45, 2.75) is 26.2 Å². The molecule has 0 unspecified atom stereocenters. The number of Topliss-reactive ketones (excluding diaryl/α,β-unsaturated/α-hetero) is 1. The van der Waals surface area contributed by atoms with E-state index >= 15 is 0 Å². The third-order valence-electron chi connectivity index (χ3n) is 5.50. The van der Waals surface area contributed by atoms with E-state index in [4.69, 9.17) is 14.2 Å². The maximum atomic E-state index is 13.0. The third-order valence-corrected chi connectivity index (χ3v) is 5.50. The van der Waals surface area contributed by atoms with Gasteiger partial charge < -0.3 is 18.8 Å². The Morgan fingerprint density at radius 3 is 2.11 bits per heavy atom. The van der Waals surface area contributed by atoms with Gasteiger partial charge in [0.15, 0.2) is 18.1 Å². The number of halogens is 6. The van der Waals surface area contributed by atoms with Crippen molar-refractivity contribution < 1.29 is 50.1 Å². The van der Waals surface area contributed by atoms with Gasteiger partial charge in [0, 0.05) is 28.7 Å². The molecule has 0 fully saturated rings. The Morgan fingerprint density at radius 1 is 0.889 bits per heavy atom. The lowest BCUT2D eigenvalue weighted by Crippen LogP contribution is -2.17. The predicted octanol–water partition coefficient (Wildman–Crippen LogP) is 5.90. The van der Waals surface area contributed by atoms with Gasteiger partial charge >= 0.3 is 18.3 Å². The lowest BCUT2D eigenvalue weighted by atomic mass is 10.0. The zero-order valence-corrected chi connectivity index (χ0v) is 18.7. The summed E-state index contributed by atoms with van der Waals surface area (Å²) in [6.45, 7) is 2.55. The number of carbonyl (C=O) groups excluding carboxylic acids is 2. The van der Waals surface area contributed by atoms with Gasteiger partial charge in [-0.15, -0.1) is 0 Å². The van der Waals surface area contributed by atoms with Gasteiger partial charge in [-0.2, -0.15) is 26.3 Å². The van der Waals surface area contributed by atoms with Gasteiger partial charge in [-0.3, -0.25) is 4.79 Å². The normalized spacial score (nSPS) is 13.1. The number of hydrogen-bond donors (Lipinski definition) is 0. The van der Waals surface area contributed by atoms with Gasteiger partial charge in [-0.05, 0) is 50.2 Å². The first-order valence-electron chi connectivity index (χ1n) is 10.3. The first-order chi connectivity index (χ1) is 16.8. The summed E-state index contributed by atoms with van der Waals surface area (Å²) in [7, 11) is 0. The number of hydrogen-bond acceptors (Lipinski definition) is 5. The lowest BCUT2D eigenvalue weighted by Gasteiger charge is -2.14. The van der Waals surface area contributed by atoms with Crippen LogP contribution in [0.4, 0.5) is 26.3 Å². The highest BCUT2D eigenvalue weighted by Gasteiger charge is 2.37. The Labute approximate surface area is 200 Å². The van der Waals surface area contributed by atoms with Gasteiger partial charge in [0.1, 0.15) is 0 Å². The van der Waals surface area contributed by atoms with Crippen LogP contribution in [-0.2, 0) is 17.1 Å². The van der Waals surface area contributed by atoms with Gasteiger partial charge in [-0.1, -0.05) is 0 Å². The molecule has 12 heteroatoms. The van der Waals surface area contributed by atoms with Crippen molar-refractivity contribution in [2.75, 3.05) is 13.4 Å². The van der Waals surface area contributed by atoms with E-state index in [1.54, 1.807) is 36.6 Å². The number of aromatic nitrogens is 1. The van der Waals surface area contributed by atoms with Gasteiger partial charge in [0.05, 0.1) is 16.7 Å². The SMILES string of the molecule is Cc1cc(C(=O)COC(=O)c2cc(C(F)(F)F)cc(C(F)(F)F)c2)c(C)n1-c1ccc2c(c1)OCO2. The highest BCUT2D eigenvalue weighted by molar-refractivity contribution is 6.00. The molecule has 0 N–H and O–H groups in total. The van der Waals surface area contributed by atoms with E-state index in [2.05, 4.69) is 0 Å². The quantitative estimate of drug-likeness (QED) is 0.242. The van der Waals surface area contributed by atoms with Gasteiger partial charge in [0.2, 0.25) is 12.6 Å². The molecule has 0 radical (unpaired) electrons. The van der Waals surface area contributed by atoms with Crippen molar-refractivity contribution in [1.82, 2.24) is 4.57 Å². The van der Waals surface area contributed by atoms with Crippen LogP contribution < -0.4 is 9.47 Å². The molecule has 0 saturated carbocycles. The fourth-order valence-electron chi connectivity index (χ4n) is 3.83. The molecule has 36 heavy (non-hydrogen) atoms. The first kappa shape index (κ1) is 25.1. The molecule has 190 valence electrons. The molecule has 0 atom stereocenters. The van der Waals surface area contributed by atoms with Crippen LogP contribution in [0.1, 0.15) is 43.2 Å². The van der Waals surface area contributed by atoms with E-state index in [0.29, 0.717) is 28.6 Å². The Kier molecular flexibility index (Phi) is 6.23. The second kappa shape index (κ2) is 8.92. The Bertz CT molecular complexity index is 1320. The van der Waals surface area contributed by atoms with E-state index < -0.39 is 47.4 Å². The monoisotopic (exact) mass is 513 g/mol. The predicted molar refractivity (Wildman–Crippen MR) is 112 cm³/mol. The van der Waals surface area contributed by atoms with Crippen LogP contribution in [-0.4, -0.2) is 29.7 Å². The van der Waals surface area contributed by atoms with Crippen LogP contribution in [0.25, 0.3) is 5.69 Å². The summed E-state index contributed by atoms with van der Waals surface area (Å²) in [5.41, 5.74) is -2.35. The summed E-state index contributed by atoms with van der Waals surface area (Å²) in [6.07, 6.45) is -10.3. The number of carbonyl (C=O) groups is 2. The van der Waals surface area contributed by atoms with Crippen molar-refractivity contribution >= 4 is 11.8 Å². The Morgan fingerprint density at radius 2 is 1.50 bits per heavy atom. The smallest absolute Gasteiger partial charge is 0.416 e. The number of ketones is 1. The molecule has 1 aliphatic rings. The van der Waals surface area contributed by atoms with E-state index in [1.165, 1.54) is 6.07 Å². The number of benzene rings is 2. The molecule has 6 nitrogen and oxygen atoms in total. The summed E-state index contributed by atoms with van der Waals surface area (Å²) in [4.78, 5) is 25.0. The summed E-state index contributed by atoms with van der Waals surface area (Å²) < 4.78 is 95.4. The second-order valence-corrected chi connectivity index (χ2v) is 7.95. The van der Waals surface area contributed by atoms with Crippen LogP contribution in [0.5, 0.6) is 11.5 Å². The summed E-state index contributed by atoms with van der Waals surface area (Å²) in [5, 5.41) is 0. The molecular formula is C24H17F6NO5. The Balaban J connectivity index is 1.55. The number of alkyl halides is 6. The molecule has 0 saturated heterocycles. The molecule has 1 aromatic heterocycles. The van der Waals surface area contributed by atoms with Crippen LogP contribution in [0, 0.1) is 13.8 Å². The van der Waals surface area contributed by atoms with E-state index in [9.17, 15) is 35.9 Å². The minimum atomic E-state index is -5.13. The summed E-state index contributed by atoms with van der Waals surface area (Å²) in [5.74, 6) is -1.11. The number of esters is 1. The molecule has 0 amide bonds. The minimum Gasteiger partial charge on any atom is -0.454 e. The molecule has 2 aromatic carbocycles. The molecule has 1 aliphatic heterocycles.